The van der Waals surface area contributed by atoms with E-state index >= 15 is 0 Å². The number of nitrogen functional groups attached to an aromatic ring is 1. The minimum atomic E-state index is -3.58. The number of sulfonamides is 1. The Labute approximate surface area is 196 Å². The normalized spacial score (nSPS) is 17.7. The largest absolute Gasteiger partial charge is 0.399 e. The predicted molar refractivity (Wildman–Crippen MR) is 135 cm³/mol. The number of para-hydroxylation sites is 1. The number of anilines is 1. The summed E-state index contributed by atoms with van der Waals surface area (Å²) in [5, 5.41) is 4.84. The average Bonchev–Trinajstić information content (AvgIpc) is 3.30. The Morgan fingerprint density at radius 2 is 1.31 bits per heavy atom. The van der Waals surface area contributed by atoms with Gasteiger partial charge in [0.25, 0.3) is 0 Å². The second-order valence-corrected chi connectivity index (χ2v) is 11.2. The average molecular weight is 474 g/mol. The molecule has 174 valence electrons. The van der Waals surface area contributed by atoms with Gasteiger partial charge >= 0.3 is 0 Å². The van der Waals surface area contributed by atoms with Gasteiger partial charge in [0.1, 0.15) is 0 Å². The van der Waals surface area contributed by atoms with E-state index in [0.717, 1.165) is 17.4 Å². The molecule has 3 aromatic rings. The van der Waals surface area contributed by atoms with Gasteiger partial charge in [0.05, 0.1) is 20.6 Å². The van der Waals surface area contributed by atoms with Crippen molar-refractivity contribution >= 4 is 37.3 Å². The molecule has 2 saturated carbocycles. The van der Waals surface area contributed by atoms with Crippen LogP contribution in [0.15, 0.2) is 58.9 Å². The molecule has 0 atom stereocenters. The molecule has 1 heterocycles. The van der Waals surface area contributed by atoms with Crippen LogP contribution in [0.3, 0.4) is 0 Å². The molecule has 4 N–H and O–H groups in total. The highest BCUT2D eigenvalue weighted by atomic mass is 32.2. The molecule has 2 aliphatic carbocycles. The Bertz CT molecular complexity index is 990. The number of fused-ring (bicyclic) bond motifs is 1. The quantitative estimate of drug-likeness (QED) is 0.423. The fourth-order valence-electron chi connectivity index (χ4n) is 4.67. The van der Waals surface area contributed by atoms with E-state index in [1.54, 1.807) is 37.0 Å². The molecule has 2 aliphatic rings. The Balaban J connectivity index is 0.000000137. The third kappa shape index (κ3) is 7.87. The van der Waals surface area contributed by atoms with Gasteiger partial charge in [-0.25, -0.2) is 18.5 Å². The van der Waals surface area contributed by atoms with Crippen molar-refractivity contribution in [2.75, 3.05) is 5.73 Å². The molecular formula is C25H35N3O2S2. The summed E-state index contributed by atoms with van der Waals surface area (Å²) < 4.78 is 22.6. The van der Waals surface area contributed by atoms with Crippen molar-refractivity contribution in [3.63, 3.8) is 0 Å². The van der Waals surface area contributed by atoms with Crippen molar-refractivity contribution in [2.45, 2.75) is 69.1 Å². The first-order chi connectivity index (χ1) is 15.4. The van der Waals surface area contributed by atoms with Crippen LogP contribution < -0.4 is 10.9 Å². The van der Waals surface area contributed by atoms with Crippen LogP contribution in [-0.2, 0) is 10.0 Å². The van der Waals surface area contributed by atoms with Crippen molar-refractivity contribution in [1.29, 1.82) is 0 Å². The summed E-state index contributed by atoms with van der Waals surface area (Å²) in [4.78, 5) is 4.21. The first kappa shape index (κ1) is 24.7. The zero-order chi connectivity index (χ0) is 22.8. The molecule has 0 saturated heterocycles. The van der Waals surface area contributed by atoms with Gasteiger partial charge in [-0.2, -0.15) is 0 Å². The lowest BCUT2D eigenvalue weighted by Gasteiger charge is -2.32. The number of primary sulfonamides is 1. The Morgan fingerprint density at radius 3 is 1.81 bits per heavy atom. The van der Waals surface area contributed by atoms with Gasteiger partial charge in [-0.3, -0.25) is 0 Å². The molecule has 7 heteroatoms. The SMILES string of the molecule is C1CCC(C2CCCCC2)CC1.Nc1ccc(S(N)(=O)=O)cc1.c1ccc2scnc2c1. The predicted octanol–water partition coefficient (Wildman–Crippen LogP) is 6.36. The number of hydrogen-bond donors (Lipinski definition) is 2. The molecule has 0 unspecified atom stereocenters. The summed E-state index contributed by atoms with van der Waals surface area (Å²) in [6.07, 6.45) is 15.4. The fraction of sp³-hybridized carbons (Fsp3) is 0.480. The van der Waals surface area contributed by atoms with E-state index < -0.39 is 10.0 Å². The molecule has 5 rings (SSSR count). The third-order valence-electron chi connectivity index (χ3n) is 6.41. The molecule has 2 aromatic carbocycles. The summed E-state index contributed by atoms with van der Waals surface area (Å²) in [7, 11) is -3.58. The Hall–Kier alpha value is -1.96. The Kier molecular flexibility index (Phi) is 9.51. The minimum absolute atomic E-state index is 0.0756. The second-order valence-electron chi connectivity index (χ2n) is 8.73. The molecule has 2 fully saturated rings. The fourth-order valence-corrected chi connectivity index (χ4v) is 5.87. The van der Waals surface area contributed by atoms with Gasteiger partial charge in [-0.1, -0.05) is 76.3 Å². The number of nitrogens with zero attached hydrogens (tertiary/aromatic N) is 1. The van der Waals surface area contributed by atoms with E-state index in [2.05, 4.69) is 11.1 Å². The maximum absolute atomic E-state index is 10.7. The minimum Gasteiger partial charge on any atom is -0.399 e. The van der Waals surface area contributed by atoms with E-state index in [-0.39, 0.29) is 4.90 Å². The lowest BCUT2D eigenvalue weighted by Crippen LogP contribution is -2.20. The van der Waals surface area contributed by atoms with Crippen LogP contribution in [0.1, 0.15) is 64.2 Å². The van der Waals surface area contributed by atoms with E-state index in [9.17, 15) is 8.42 Å². The van der Waals surface area contributed by atoms with Gasteiger partial charge in [0.2, 0.25) is 10.0 Å². The molecule has 1 aromatic heterocycles. The summed E-state index contributed by atoms with van der Waals surface area (Å²) in [6.45, 7) is 0. The van der Waals surface area contributed by atoms with Crippen LogP contribution in [0.4, 0.5) is 5.69 Å². The molecule has 0 spiro atoms. The molecule has 0 aliphatic heterocycles. The monoisotopic (exact) mass is 473 g/mol. The van der Waals surface area contributed by atoms with Gasteiger partial charge in [-0.05, 0) is 48.2 Å². The van der Waals surface area contributed by atoms with Gasteiger partial charge in [-0.15, -0.1) is 11.3 Å². The molecule has 0 bridgehead atoms. The van der Waals surface area contributed by atoms with E-state index in [4.69, 9.17) is 10.9 Å². The zero-order valence-electron chi connectivity index (χ0n) is 18.7. The topological polar surface area (TPSA) is 99.1 Å². The summed E-state index contributed by atoms with van der Waals surface area (Å²) in [6, 6.07) is 13.8. The maximum Gasteiger partial charge on any atom is 0.238 e. The first-order valence-corrected chi connectivity index (χ1v) is 14.0. The van der Waals surface area contributed by atoms with E-state index in [0.29, 0.717) is 5.69 Å². The smallest absolute Gasteiger partial charge is 0.238 e. The van der Waals surface area contributed by atoms with Crippen molar-refractivity contribution in [3.8, 4) is 0 Å². The number of nitrogens with two attached hydrogens (primary N) is 2. The highest BCUT2D eigenvalue weighted by Crippen LogP contribution is 2.37. The highest BCUT2D eigenvalue weighted by molar-refractivity contribution is 7.89. The molecule has 32 heavy (non-hydrogen) atoms. The lowest BCUT2D eigenvalue weighted by molar-refractivity contribution is 0.196. The highest BCUT2D eigenvalue weighted by Gasteiger charge is 2.24. The van der Waals surface area contributed by atoms with E-state index in [1.165, 1.54) is 67.5 Å². The van der Waals surface area contributed by atoms with Gasteiger partial charge in [0, 0.05) is 5.69 Å². The summed E-state index contributed by atoms with van der Waals surface area (Å²) in [5.41, 5.74) is 8.81. The maximum atomic E-state index is 10.7. The van der Waals surface area contributed by atoms with Crippen LogP contribution in [0.5, 0.6) is 0 Å². The molecule has 5 nitrogen and oxygen atoms in total. The zero-order valence-corrected chi connectivity index (χ0v) is 20.3. The van der Waals surface area contributed by atoms with Gasteiger partial charge in [0.15, 0.2) is 0 Å². The number of thiazole rings is 1. The van der Waals surface area contributed by atoms with E-state index in [1.807, 2.05) is 23.7 Å². The van der Waals surface area contributed by atoms with Crippen LogP contribution in [-0.4, -0.2) is 13.4 Å². The van der Waals surface area contributed by atoms with Gasteiger partial charge < -0.3 is 5.73 Å². The number of rotatable bonds is 2. The Morgan fingerprint density at radius 1 is 0.781 bits per heavy atom. The summed E-state index contributed by atoms with van der Waals surface area (Å²) in [5.74, 6) is 2.28. The van der Waals surface area contributed by atoms with Crippen molar-refractivity contribution in [3.05, 3.63) is 54.0 Å². The first-order valence-electron chi connectivity index (χ1n) is 11.6. The number of benzene rings is 2. The number of hydrogen-bond acceptors (Lipinski definition) is 5. The van der Waals surface area contributed by atoms with Crippen LogP contribution in [0, 0.1) is 11.8 Å². The van der Waals surface area contributed by atoms with Crippen molar-refractivity contribution < 1.29 is 8.42 Å². The number of aromatic nitrogens is 1. The lowest BCUT2D eigenvalue weighted by atomic mass is 9.73. The molecule has 0 radical (unpaired) electrons. The van der Waals surface area contributed by atoms with Crippen LogP contribution in [0.2, 0.25) is 0 Å². The van der Waals surface area contributed by atoms with Crippen LogP contribution >= 0.6 is 11.3 Å². The summed E-state index contributed by atoms with van der Waals surface area (Å²) >= 11 is 1.68. The third-order valence-corrected chi connectivity index (χ3v) is 8.15. The molecule has 0 amide bonds. The molecular weight excluding hydrogens is 438 g/mol. The standard InChI is InChI=1S/C12H22.C7H5NS.C6H8N2O2S/c1-3-7-11(8-4-1)12-9-5-2-6-10-12;1-2-4-7-6(3-1)8-5-9-7;7-5-1-3-6(4-2-5)11(8,9)10/h11-12H,1-10H2;1-5H;1-4H,7H2,(H2,8,9,10). The second kappa shape index (κ2) is 12.3. The van der Waals surface area contributed by atoms with Crippen LogP contribution in [0.25, 0.3) is 10.2 Å². The van der Waals surface area contributed by atoms with Crippen molar-refractivity contribution in [2.24, 2.45) is 17.0 Å². The van der Waals surface area contributed by atoms with Crippen molar-refractivity contribution in [1.82, 2.24) is 4.98 Å².